The summed E-state index contributed by atoms with van der Waals surface area (Å²) in [5.74, 6) is 0. The molecule has 1 heterocycles. The summed E-state index contributed by atoms with van der Waals surface area (Å²) in [5, 5.41) is 10.1. The molecule has 0 fully saturated rings. The Kier molecular flexibility index (Phi) is 2.98. The molecule has 0 spiro atoms. The maximum Gasteiger partial charge on any atom is 0.106 e. The zero-order valence-corrected chi connectivity index (χ0v) is 8.41. The first-order chi connectivity index (χ1) is 6.08. The van der Waals surface area contributed by atoms with Crippen LogP contribution in [0.15, 0.2) is 12.4 Å². The Morgan fingerprint density at radius 3 is 2.54 bits per heavy atom. The van der Waals surface area contributed by atoms with Crippen LogP contribution >= 0.6 is 0 Å². The molecule has 72 valence electrons. The molecule has 0 aromatic carbocycles. The average Bonchev–Trinajstić information content (AvgIpc) is 2.04. The van der Waals surface area contributed by atoms with Crippen molar-refractivity contribution in [3.05, 3.63) is 23.8 Å². The van der Waals surface area contributed by atoms with Gasteiger partial charge in [0.05, 0.1) is 11.4 Å². The summed E-state index contributed by atoms with van der Waals surface area (Å²) in [7, 11) is 0. The van der Waals surface area contributed by atoms with E-state index in [-0.39, 0.29) is 0 Å². The van der Waals surface area contributed by atoms with E-state index >= 15 is 0 Å². The Morgan fingerprint density at radius 1 is 1.38 bits per heavy atom. The van der Waals surface area contributed by atoms with Gasteiger partial charge in [0.1, 0.15) is 5.60 Å². The predicted molar refractivity (Wildman–Crippen MR) is 51.2 cm³/mol. The van der Waals surface area contributed by atoms with Crippen LogP contribution in [0.5, 0.6) is 0 Å². The molecule has 1 aromatic heterocycles. The fourth-order valence-corrected chi connectivity index (χ4v) is 1.54. The first-order valence-electron chi connectivity index (χ1n) is 4.58. The van der Waals surface area contributed by atoms with Crippen molar-refractivity contribution >= 4 is 0 Å². The smallest absolute Gasteiger partial charge is 0.106 e. The van der Waals surface area contributed by atoms with Crippen LogP contribution < -0.4 is 0 Å². The lowest BCUT2D eigenvalue weighted by Crippen LogP contribution is -2.24. The molecule has 0 amide bonds. The summed E-state index contributed by atoms with van der Waals surface area (Å²) in [5.41, 5.74) is 0.658. The molecule has 0 radical (unpaired) electrons. The minimum absolute atomic E-state index is 0.692. The third kappa shape index (κ3) is 2.25. The van der Waals surface area contributed by atoms with E-state index in [1.54, 1.807) is 19.3 Å². The van der Waals surface area contributed by atoms with Crippen molar-refractivity contribution in [2.75, 3.05) is 0 Å². The molecular formula is C10H16N2O. The van der Waals surface area contributed by atoms with Crippen LogP contribution in [0.3, 0.4) is 0 Å². The second kappa shape index (κ2) is 3.83. The minimum atomic E-state index is -0.840. The van der Waals surface area contributed by atoms with Gasteiger partial charge in [0.25, 0.3) is 0 Å². The van der Waals surface area contributed by atoms with Gasteiger partial charge in [-0.1, -0.05) is 13.3 Å². The first-order valence-corrected chi connectivity index (χ1v) is 4.58. The SMILES string of the molecule is CCCC(C)(O)c1nccnc1C. The molecule has 0 saturated carbocycles. The van der Waals surface area contributed by atoms with E-state index in [0.717, 1.165) is 12.1 Å². The first kappa shape index (κ1) is 10.1. The van der Waals surface area contributed by atoms with Crippen molar-refractivity contribution in [2.24, 2.45) is 0 Å². The number of nitrogens with zero attached hydrogens (tertiary/aromatic N) is 2. The molecule has 1 rings (SSSR count). The van der Waals surface area contributed by atoms with Crippen molar-refractivity contribution in [1.82, 2.24) is 9.97 Å². The fraction of sp³-hybridized carbons (Fsp3) is 0.600. The van der Waals surface area contributed by atoms with Crippen molar-refractivity contribution in [1.29, 1.82) is 0 Å². The molecule has 13 heavy (non-hydrogen) atoms. The highest BCUT2D eigenvalue weighted by Gasteiger charge is 2.25. The topological polar surface area (TPSA) is 46.0 Å². The normalized spacial score (nSPS) is 15.4. The van der Waals surface area contributed by atoms with Gasteiger partial charge in [0.15, 0.2) is 0 Å². The van der Waals surface area contributed by atoms with Crippen LogP contribution in [0.2, 0.25) is 0 Å². The van der Waals surface area contributed by atoms with Crippen LogP contribution in [-0.2, 0) is 5.60 Å². The van der Waals surface area contributed by atoms with Gasteiger partial charge in [0, 0.05) is 12.4 Å². The summed E-state index contributed by atoms with van der Waals surface area (Å²) in [4.78, 5) is 8.26. The van der Waals surface area contributed by atoms with Gasteiger partial charge in [-0.2, -0.15) is 0 Å². The molecule has 3 nitrogen and oxygen atoms in total. The monoisotopic (exact) mass is 180 g/mol. The average molecular weight is 180 g/mol. The molecule has 1 unspecified atom stereocenters. The van der Waals surface area contributed by atoms with Crippen LogP contribution in [0.25, 0.3) is 0 Å². The molecule has 1 N–H and O–H groups in total. The summed E-state index contributed by atoms with van der Waals surface area (Å²) in [6, 6.07) is 0. The van der Waals surface area contributed by atoms with E-state index in [9.17, 15) is 5.11 Å². The molecule has 0 aliphatic heterocycles. The van der Waals surface area contributed by atoms with E-state index in [1.165, 1.54) is 0 Å². The molecular weight excluding hydrogens is 164 g/mol. The van der Waals surface area contributed by atoms with Crippen LogP contribution in [0.4, 0.5) is 0 Å². The van der Waals surface area contributed by atoms with Gasteiger partial charge in [-0.15, -0.1) is 0 Å². The highest BCUT2D eigenvalue weighted by Crippen LogP contribution is 2.25. The molecule has 3 heteroatoms. The Hall–Kier alpha value is -0.960. The van der Waals surface area contributed by atoms with Gasteiger partial charge >= 0.3 is 0 Å². The fourth-order valence-electron chi connectivity index (χ4n) is 1.54. The lowest BCUT2D eigenvalue weighted by molar-refractivity contribution is 0.0413. The quantitative estimate of drug-likeness (QED) is 0.771. The van der Waals surface area contributed by atoms with Crippen LogP contribution in [0.1, 0.15) is 38.1 Å². The van der Waals surface area contributed by atoms with E-state index in [0.29, 0.717) is 12.1 Å². The van der Waals surface area contributed by atoms with Crippen molar-refractivity contribution in [3.8, 4) is 0 Å². The lowest BCUT2D eigenvalue weighted by atomic mass is 9.95. The van der Waals surface area contributed by atoms with E-state index in [1.807, 2.05) is 13.8 Å². The van der Waals surface area contributed by atoms with Crippen molar-refractivity contribution in [3.63, 3.8) is 0 Å². The lowest BCUT2D eigenvalue weighted by Gasteiger charge is -2.22. The molecule has 0 aliphatic rings. The number of aryl methyl sites for hydroxylation is 1. The zero-order chi connectivity index (χ0) is 9.90. The van der Waals surface area contributed by atoms with E-state index in [2.05, 4.69) is 9.97 Å². The summed E-state index contributed by atoms with van der Waals surface area (Å²) < 4.78 is 0. The maximum atomic E-state index is 10.1. The molecule has 0 bridgehead atoms. The van der Waals surface area contributed by atoms with Crippen LogP contribution in [-0.4, -0.2) is 15.1 Å². The summed E-state index contributed by atoms with van der Waals surface area (Å²) >= 11 is 0. The Bertz CT molecular complexity index is 284. The Morgan fingerprint density at radius 2 is 2.00 bits per heavy atom. The van der Waals surface area contributed by atoms with E-state index in [4.69, 9.17) is 0 Å². The Balaban J connectivity index is 2.99. The second-order valence-electron chi connectivity index (χ2n) is 3.51. The van der Waals surface area contributed by atoms with Crippen molar-refractivity contribution < 1.29 is 5.11 Å². The van der Waals surface area contributed by atoms with Crippen molar-refractivity contribution in [2.45, 2.75) is 39.2 Å². The summed E-state index contributed by atoms with van der Waals surface area (Å²) in [6.07, 6.45) is 4.91. The third-order valence-electron chi connectivity index (χ3n) is 2.13. The predicted octanol–water partition coefficient (Wildman–Crippen LogP) is 1.79. The highest BCUT2D eigenvalue weighted by atomic mass is 16.3. The number of hydrogen-bond acceptors (Lipinski definition) is 3. The zero-order valence-electron chi connectivity index (χ0n) is 8.41. The minimum Gasteiger partial charge on any atom is -0.384 e. The van der Waals surface area contributed by atoms with Gasteiger partial charge in [-0.05, 0) is 20.3 Å². The molecule has 0 aliphatic carbocycles. The number of aliphatic hydroxyl groups is 1. The highest BCUT2D eigenvalue weighted by molar-refractivity contribution is 5.15. The molecule has 1 atom stereocenters. The third-order valence-corrected chi connectivity index (χ3v) is 2.13. The van der Waals surface area contributed by atoms with Gasteiger partial charge in [-0.3, -0.25) is 9.97 Å². The molecule has 0 saturated heterocycles. The standard InChI is InChI=1S/C10H16N2O/c1-4-5-10(3,13)9-8(2)11-6-7-12-9/h6-7,13H,4-5H2,1-3H3. The van der Waals surface area contributed by atoms with Crippen LogP contribution in [0, 0.1) is 6.92 Å². The van der Waals surface area contributed by atoms with Gasteiger partial charge in [0.2, 0.25) is 0 Å². The van der Waals surface area contributed by atoms with E-state index < -0.39 is 5.60 Å². The van der Waals surface area contributed by atoms with Gasteiger partial charge in [-0.25, -0.2) is 0 Å². The second-order valence-corrected chi connectivity index (χ2v) is 3.51. The van der Waals surface area contributed by atoms with Gasteiger partial charge < -0.3 is 5.11 Å². The summed E-state index contributed by atoms with van der Waals surface area (Å²) in [6.45, 7) is 5.69. The number of aromatic nitrogens is 2. The molecule has 1 aromatic rings. The Labute approximate surface area is 78.9 Å². The number of rotatable bonds is 3. The largest absolute Gasteiger partial charge is 0.384 e. The number of hydrogen-bond donors (Lipinski definition) is 1. The maximum absolute atomic E-state index is 10.1.